The van der Waals surface area contributed by atoms with E-state index in [1.165, 1.54) is 6.42 Å². The zero-order valence-electron chi connectivity index (χ0n) is 11.6. The van der Waals surface area contributed by atoms with Crippen molar-refractivity contribution in [3.8, 4) is 0 Å². The molecule has 0 spiro atoms. The van der Waals surface area contributed by atoms with Gasteiger partial charge in [0.15, 0.2) is 0 Å². The Morgan fingerprint density at radius 2 is 1.84 bits per heavy atom. The molecule has 1 aromatic carbocycles. The number of nitrogens with one attached hydrogen (secondary N) is 2. The van der Waals surface area contributed by atoms with Crippen molar-refractivity contribution in [1.29, 1.82) is 0 Å². The van der Waals surface area contributed by atoms with Gasteiger partial charge < -0.3 is 5.32 Å². The Kier molecular flexibility index (Phi) is 4.28. The molecule has 19 heavy (non-hydrogen) atoms. The third-order valence-electron chi connectivity index (χ3n) is 3.86. The average Bonchev–Trinajstić information content (AvgIpc) is 2.35. The topological polar surface area (TPSA) is 58.2 Å². The normalized spacial score (nSPS) is 18.0. The van der Waals surface area contributed by atoms with Crippen LogP contribution in [0.4, 0.5) is 0 Å². The molecule has 0 atom stereocenters. The molecule has 0 saturated heterocycles. The smallest absolute Gasteiger partial charge is 0.240 e. The zero-order valence-corrected chi connectivity index (χ0v) is 12.4. The molecular formula is C14H22N2O2S. The summed E-state index contributed by atoms with van der Waals surface area (Å²) in [6, 6.07) is 7.02. The third-order valence-corrected chi connectivity index (χ3v) is 5.28. The molecule has 2 rings (SSSR count). The Hall–Kier alpha value is -0.910. The lowest BCUT2D eigenvalue weighted by Gasteiger charge is -2.38. The first-order valence-electron chi connectivity index (χ1n) is 6.68. The fourth-order valence-corrected chi connectivity index (χ4v) is 3.50. The van der Waals surface area contributed by atoms with Crippen molar-refractivity contribution in [3.63, 3.8) is 0 Å². The molecule has 0 aromatic heterocycles. The number of sulfonamides is 1. The molecule has 0 heterocycles. The second-order valence-corrected chi connectivity index (χ2v) is 7.43. The van der Waals surface area contributed by atoms with Gasteiger partial charge in [-0.3, -0.25) is 0 Å². The Morgan fingerprint density at radius 1 is 1.21 bits per heavy atom. The van der Waals surface area contributed by atoms with E-state index in [4.69, 9.17) is 0 Å². The molecule has 0 amide bonds. The summed E-state index contributed by atoms with van der Waals surface area (Å²) in [7, 11) is -1.51. The lowest BCUT2D eigenvalue weighted by Crippen LogP contribution is -2.39. The summed E-state index contributed by atoms with van der Waals surface area (Å²) >= 11 is 0. The predicted octanol–water partition coefficient (Wildman–Crippen LogP) is 1.87. The first-order valence-corrected chi connectivity index (χ1v) is 8.17. The van der Waals surface area contributed by atoms with Crippen LogP contribution in [-0.2, 0) is 16.6 Å². The highest BCUT2D eigenvalue weighted by Crippen LogP contribution is 2.39. The van der Waals surface area contributed by atoms with Gasteiger partial charge in [0.1, 0.15) is 0 Å². The summed E-state index contributed by atoms with van der Waals surface area (Å²) in [4.78, 5) is 0.343. The maximum Gasteiger partial charge on any atom is 0.240 e. The van der Waals surface area contributed by atoms with Gasteiger partial charge in [0, 0.05) is 13.1 Å². The molecule has 5 heteroatoms. The molecule has 1 aliphatic carbocycles. The standard InChI is InChI=1S/C14H22N2O2S/c1-14(8-3-9-14)11-16-19(17,18)13-6-4-12(5-7-13)10-15-2/h4-7,15-16H,3,8-11H2,1-2H3. The highest BCUT2D eigenvalue weighted by molar-refractivity contribution is 7.89. The van der Waals surface area contributed by atoms with E-state index in [9.17, 15) is 8.42 Å². The van der Waals surface area contributed by atoms with Crippen molar-refractivity contribution in [1.82, 2.24) is 10.0 Å². The lowest BCUT2D eigenvalue weighted by atomic mass is 9.71. The quantitative estimate of drug-likeness (QED) is 0.837. The largest absolute Gasteiger partial charge is 0.316 e. The van der Waals surface area contributed by atoms with Crippen molar-refractivity contribution >= 4 is 10.0 Å². The second kappa shape index (κ2) is 5.61. The van der Waals surface area contributed by atoms with Gasteiger partial charge in [-0.25, -0.2) is 13.1 Å². The Labute approximate surface area is 115 Å². The van der Waals surface area contributed by atoms with Crippen LogP contribution >= 0.6 is 0 Å². The SMILES string of the molecule is CNCc1ccc(S(=O)(=O)NCC2(C)CCC2)cc1. The van der Waals surface area contributed by atoms with Crippen LogP contribution in [0.1, 0.15) is 31.7 Å². The van der Waals surface area contributed by atoms with Gasteiger partial charge in [-0.15, -0.1) is 0 Å². The first kappa shape index (κ1) is 14.5. The number of benzene rings is 1. The van der Waals surface area contributed by atoms with Crippen molar-refractivity contribution in [3.05, 3.63) is 29.8 Å². The molecule has 1 saturated carbocycles. The fourth-order valence-electron chi connectivity index (χ4n) is 2.30. The van der Waals surface area contributed by atoms with Gasteiger partial charge in [0.05, 0.1) is 4.90 Å². The highest BCUT2D eigenvalue weighted by Gasteiger charge is 2.32. The van der Waals surface area contributed by atoms with Gasteiger partial charge in [-0.2, -0.15) is 0 Å². The van der Waals surface area contributed by atoms with Crippen LogP contribution in [0.2, 0.25) is 0 Å². The minimum atomic E-state index is -3.37. The minimum absolute atomic E-state index is 0.152. The summed E-state index contributed by atoms with van der Waals surface area (Å²) in [5, 5.41) is 3.04. The van der Waals surface area contributed by atoms with E-state index >= 15 is 0 Å². The highest BCUT2D eigenvalue weighted by atomic mass is 32.2. The summed E-state index contributed by atoms with van der Waals surface area (Å²) in [5.74, 6) is 0. The second-order valence-electron chi connectivity index (χ2n) is 5.66. The monoisotopic (exact) mass is 282 g/mol. The summed E-state index contributed by atoms with van der Waals surface area (Å²) < 4.78 is 27.0. The summed E-state index contributed by atoms with van der Waals surface area (Å²) in [5.41, 5.74) is 1.23. The van der Waals surface area contributed by atoms with Crippen molar-refractivity contribution in [2.45, 2.75) is 37.6 Å². The Morgan fingerprint density at radius 3 is 2.32 bits per heavy atom. The summed E-state index contributed by atoms with van der Waals surface area (Å²) in [6.45, 7) is 3.41. The van der Waals surface area contributed by atoms with E-state index in [1.54, 1.807) is 12.1 Å². The maximum absolute atomic E-state index is 12.2. The van der Waals surface area contributed by atoms with Gasteiger partial charge in [0.2, 0.25) is 10.0 Å². The third kappa shape index (κ3) is 3.55. The fraction of sp³-hybridized carbons (Fsp3) is 0.571. The van der Waals surface area contributed by atoms with E-state index < -0.39 is 10.0 Å². The van der Waals surface area contributed by atoms with Crippen molar-refractivity contribution in [2.75, 3.05) is 13.6 Å². The van der Waals surface area contributed by atoms with Gasteiger partial charge >= 0.3 is 0 Å². The molecule has 4 nitrogen and oxygen atoms in total. The van der Waals surface area contributed by atoms with Gasteiger partial charge in [-0.1, -0.05) is 25.5 Å². The van der Waals surface area contributed by atoms with Crippen LogP contribution < -0.4 is 10.0 Å². The molecule has 0 unspecified atom stereocenters. The number of hydrogen-bond donors (Lipinski definition) is 2. The van der Waals surface area contributed by atoms with Crippen LogP contribution in [0, 0.1) is 5.41 Å². The molecule has 106 valence electrons. The van der Waals surface area contributed by atoms with Gasteiger partial charge in [-0.05, 0) is 43.0 Å². The van der Waals surface area contributed by atoms with E-state index in [2.05, 4.69) is 17.0 Å². The van der Waals surface area contributed by atoms with E-state index in [0.717, 1.165) is 24.9 Å². The molecule has 1 fully saturated rings. The van der Waals surface area contributed by atoms with E-state index in [0.29, 0.717) is 11.4 Å². The average molecular weight is 282 g/mol. The van der Waals surface area contributed by atoms with Crippen molar-refractivity contribution < 1.29 is 8.42 Å². The lowest BCUT2D eigenvalue weighted by molar-refractivity contribution is 0.166. The molecular weight excluding hydrogens is 260 g/mol. The van der Waals surface area contributed by atoms with Crippen LogP contribution in [0.25, 0.3) is 0 Å². The van der Waals surface area contributed by atoms with Crippen LogP contribution in [0.5, 0.6) is 0 Å². The van der Waals surface area contributed by atoms with E-state index in [1.807, 2.05) is 19.2 Å². The van der Waals surface area contributed by atoms with Gasteiger partial charge in [0.25, 0.3) is 0 Å². The van der Waals surface area contributed by atoms with Crippen LogP contribution in [-0.4, -0.2) is 22.0 Å². The maximum atomic E-state index is 12.2. The number of rotatable bonds is 6. The molecule has 2 N–H and O–H groups in total. The van der Waals surface area contributed by atoms with Crippen molar-refractivity contribution in [2.24, 2.45) is 5.41 Å². The van der Waals surface area contributed by atoms with Crippen LogP contribution in [0.3, 0.4) is 0 Å². The minimum Gasteiger partial charge on any atom is -0.316 e. The molecule has 0 aliphatic heterocycles. The van der Waals surface area contributed by atoms with E-state index in [-0.39, 0.29) is 5.41 Å². The summed E-state index contributed by atoms with van der Waals surface area (Å²) in [6.07, 6.45) is 3.42. The molecule has 1 aromatic rings. The zero-order chi connectivity index (χ0) is 13.9. The van der Waals surface area contributed by atoms with Crippen LogP contribution in [0.15, 0.2) is 29.2 Å². The number of hydrogen-bond acceptors (Lipinski definition) is 3. The Balaban J connectivity index is 2.02. The molecule has 0 bridgehead atoms. The Bertz CT molecular complexity index is 519. The molecule has 0 radical (unpaired) electrons. The molecule has 1 aliphatic rings. The first-order chi connectivity index (χ1) is 8.95. The predicted molar refractivity (Wildman–Crippen MR) is 76.4 cm³/mol.